The van der Waals surface area contributed by atoms with Crippen molar-refractivity contribution in [1.29, 1.82) is 0 Å². The molecule has 0 aliphatic carbocycles. The molecule has 0 spiro atoms. The number of carbonyl (C=O) groups is 1. The van der Waals surface area contributed by atoms with Gasteiger partial charge >= 0.3 is 0 Å². The van der Waals surface area contributed by atoms with Crippen molar-refractivity contribution in [2.75, 3.05) is 5.32 Å². The molecule has 25 heavy (non-hydrogen) atoms. The molecule has 2 aromatic carbocycles. The lowest BCUT2D eigenvalue weighted by molar-refractivity contribution is -0.120. The molecule has 128 valence electrons. The maximum Gasteiger partial charge on any atom is 0.251 e. The van der Waals surface area contributed by atoms with E-state index in [2.05, 4.69) is 20.7 Å². The highest BCUT2D eigenvalue weighted by molar-refractivity contribution is 6.30. The van der Waals surface area contributed by atoms with Crippen LogP contribution in [-0.4, -0.2) is 26.1 Å². The van der Waals surface area contributed by atoms with Gasteiger partial charge in [-0.1, -0.05) is 36.7 Å². The second-order valence-electron chi connectivity index (χ2n) is 5.67. The van der Waals surface area contributed by atoms with Crippen LogP contribution in [0, 0.1) is 6.92 Å². The molecule has 7 heteroatoms. The number of para-hydroxylation sites is 1. The van der Waals surface area contributed by atoms with Crippen molar-refractivity contribution < 1.29 is 4.79 Å². The summed E-state index contributed by atoms with van der Waals surface area (Å²) in [6, 6.07) is 14.3. The van der Waals surface area contributed by atoms with Gasteiger partial charge in [0.05, 0.1) is 0 Å². The maximum atomic E-state index is 12.6. The SMILES string of the molecule is CCC(C(=O)Nc1ccccc1C)n1nnc(-c2ccc(Cl)cc2)n1. The summed E-state index contributed by atoms with van der Waals surface area (Å²) in [4.78, 5) is 14.0. The number of halogens is 1. The van der Waals surface area contributed by atoms with Gasteiger partial charge in [0.15, 0.2) is 6.04 Å². The van der Waals surface area contributed by atoms with E-state index >= 15 is 0 Å². The lowest BCUT2D eigenvalue weighted by atomic mass is 10.1. The third kappa shape index (κ3) is 3.85. The predicted octanol–water partition coefficient (Wildman–Crippen LogP) is 3.89. The van der Waals surface area contributed by atoms with Gasteiger partial charge in [0.2, 0.25) is 5.82 Å². The molecule has 6 nitrogen and oxygen atoms in total. The third-order valence-corrected chi connectivity index (χ3v) is 4.15. The first-order valence-electron chi connectivity index (χ1n) is 8.00. The van der Waals surface area contributed by atoms with Crippen LogP contribution in [-0.2, 0) is 4.79 Å². The van der Waals surface area contributed by atoms with Gasteiger partial charge < -0.3 is 5.32 Å². The van der Waals surface area contributed by atoms with Crippen LogP contribution in [0.4, 0.5) is 5.69 Å². The summed E-state index contributed by atoms with van der Waals surface area (Å²) in [7, 11) is 0. The van der Waals surface area contributed by atoms with E-state index in [1.807, 2.05) is 50.2 Å². The van der Waals surface area contributed by atoms with Gasteiger partial charge in [-0.25, -0.2) is 0 Å². The Hall–Kier alpha value is -2.73. The van der Waals surface area contributed by atoms with Gasteiger partial charge in [-0.05, 0) is 54.5 Å². The molecule has 1 atom stereocenters. The number of hydrogen-bond acceptors (Lipinski definition) is 4. The summed E-state index contributed by atoms with van der Waals surface area (Å²) >= 11 is 5.89. The third-order valence-electron chi connectivity index (χ3n) is 3.90. The van der Waals surface area contributed by atoms with Crippen LogP contribution in [0.3, 0.4) is 0 Å². The van der Waals surface area contributed by atoms with E-state index < -0.39 is 6.04 Å². The van der Waals surface area contributed by atoms with E-state index in [9.17, 15) is 4.79 Å². The summed E-state index contributed by atoms with van der Waals surface area (Å²) in [6.07, 6.45) is 0.550. The summed E-state index contributed by atoms with van der Waals surface area (Å²) in [5.41, 5.74) is 2.58. The number of aryl methyl sites for hydroxylation is 1. The first-order valence-corrected chi connectivity index (χ1v) is 8.38. The average molecular weight is 356 g/mol. The van der Waals surface area contributed by atoms with Crippen LogP contribution in [0.25, 0.3) is 11.4 Å². The van der Waals surface area contributed by atoms with Crippen molar-refractivity contribution in [1.82, 2.24) is 20.2 Å². The van der Waals surface area contributed by atoms with E-state index in [4.69, 9.17) is 11.6 Å². The molecule has 1 N–H and O–H groups in total. The molecule has 1 heterocycles. The number of rotatable bonds is 5. The molecule has 0 fully saturated rings. The summed E-state index contributed by atoms with van der Waals surface area (Å²) in [5, 5.41) is 16.0. The molecule has 0 bridgehead atoms. The van der Waals surface area contributed by atoms with Gasteiger partial charge in [-0.15, -0.1) is 10.2 Å². The van der Waals surface area contributed by atoms with Crippen molar-refractivity contribution in [3.8, 4) is 11.4 Å². The normalized spacial score (nSPS) is 12.0. The molecular weight excluding hydrogens is 338 g/mol. The van der Waals surface area contributed by atoms with E-state index in [1.165, 1.54) is 4.80 Å². The zero-order valence-corrected chi connectivity index (χ0v) is 14.7. The zero-order valence-electron chi connectivity index (χ0n) is 14.0. The largest absolute Gasteiger partial charge is 0.324 e. The Morgan fingerprint density at radius 3 is 2.60 bits per heavy atom. The van der Waals surface area contributed by atoms with Gasteiger partial charge in [0, 0.05) is 16.3 Å². The lowest BCUT2D eigenvalue weighted by Gasteiger charge is -2.14. The van der Waals surface area contributed by atoms with Crippen molar-refractivity contribution >= 4 is 23.2 Å². The number of amides is 1. The Morgan fingerprint density at radius 1 is 1.20 bits per heavy atom. The Bertz CT molecular complexity index is 875. The number of carbonyl (C=O) groups excluding carboxylic acids is 1. The molecule has 1 aromatic heterocycles. The molecule has 0 aliphatic heterocycles. The molecule has 1 amide bonds. The monoisotopic (exact) mass is 355 g/mol. The molecule has 3 rings (SSSR count). The van der Waals surface area contributed by atoms with Crippen molar-refractivity contribution in [3.63, 3.8) is 0 Å². The lowest BCUT2D eigenvalue weighted by Crippen LogP contribution is -2.27. The highest BCUT2D eigenvalue weighted by atomic mass is 35.5. The second-order valence-corrected chi connectivity index (χ2v) is 6.10. The van der Waals surface area contributed by atoms with E-state index in [1.54, 1.807) is 12.1 Å². The Balaban J connectivity index is 1.80. The average Bonchev–Trinajstić information content (AvgIpc) is 3.08. The number of nitrogens with zero attached hydrogens (tertiary/aromatic N) is 4. The fourth-order valence-electron chi connectivity index (χ4n) is 2.45. The van der Waals surface area contributed by atoms with Gasteiger partial charge in [0.25, 0.3) is 5.91 Å². The van der Waals surface area contributed by atoms with Crippen LogP contribution in [0.5, 0.6) is 0 Å². The number of nitrogens with one attached hydrogen (secondary N) is 1. The van der Waals surface area contributed by atoms with Crippen molar-refractivity contribution in [2.24, 2.45) is 0 Å². The van der Waals surface area contributed by atoms with Crippen LogP contribution < -0.4 is 5.32 Å². The molecule has 0 saturated carbocycles. The maximum absolute atomic E-state index is 12.6. The number of tetrazole rings is 1. The molecule has 3 aromatic rings. The summed E-state index contributed by atoms with van der Waals surface area (Å²) in [6.45, 7) is 3.86. The molecule has 0 radical (unpaired) electrons. The minimum atomic E-state index is -0.534. The predicted molar refractivity (Wildman–Crippen MR) is 97.4 cm³/mol. The van der Waals surface area contributed by atoms with Gasteiger partial charge in [-0.3, -0.25) is 4.79 Å². The van der Waals surface area contributed by atoms with E-state index in [0.717, 1.165) is 16.8 Å². The summed E-state index contributed by atoms with van der Waals surface area (Å²) < 4.78 is 0. The van der Waals surface area contributed by atoms with Crippen molar-refractivity contribution in [3.05, 3.63) is 59.1 Å². The molecule has 1 unspecified atom stereocenters. The van der Waals surface area contributed by atoms with E-state index in [-0.39, 0.29) is 5.91 Å². The standard InChI is InChI=1S/C18H18ClN5O/c1-3-16(18(25)20-15-7-5-4-6-12(15)2)24-22-17(21-23-24)13-8-10-14(19)11-9-13/h4-11,16H,3H2,1-2H3,(H,20,25). The van der Waals surface area contributed by atoms with E-state index in [0.29, 0.717) is 17.3 Å². The number of anilines is 1. The highest BCUT2D eigenvalue weighted by Gasteiger charge is 2.22. The van der Waals surface area contributed by atoms with Gasteiger partial charge in [0.1, 0.15) is 0 Å². The number of aromatic nitrogens is 4. The molecular formula is C18H18ClN5O. The van der Waals surface area contributed by atoms with Crippen molar-refractivity contribution in [2.45, 2.75) is 26.3 Å². The molecule has 0 aliphatic rings. The summed E-state index contributed by atoms with van der Waals surface area (Å²) in [5.74, 6) is 0.288. The van der Waals surface area contributed by atoms with Gasteiger partial charge in [-0.2, -0.15) is 4.80 Å². The number of benzene rings is 2. The Kier molecular flexibility index (Phi) is 5.09. The fraction of sp³-hybridized carbons (Fsp3) is 0.222. The fourth-order valence-corrected chi connectivity index (χ4v) is 2.58. The van der Waals surface area contributed by atoms with Crippen LogP contribution in [0.15, 0.2) is 48.5 Å². The highest BCUT2D eigenvalue weighted by Crippen LogP contribution is 2.20. The Morgan fingerprint density at radius 2 is 1.92 bits per heavy atom. The smallest absolute Gasteiger partial charge is 0.251 e. The minimum absolute atomic E-state index is 0.170. The second kappa shape index (κ2) is 7.44. The van der Waals surface area contributed by atoms with Crippen LogP contribution in [0.2, 0.25) is 5.02 Å². The quantitative estimate of drug-likeness (QED) is 0.753. The minimum Gasteiger partial charge on any atom is -0.324 e. The zero-order chi connectivity index (χ0) is 17.8. The van der Waals surface area contributed by atoms with Crippen LogP contribution >= 0.6 is 11.6 Å². The Labute approximate surface area is 150 Å². The first kappa shape index (κ1) is 17.1. The van der Waals surface area contributed by atoms with Crippen LogP contribution in [0.1, 0.15) is 24.9 Å². The molecule has 0 saturated heterocycles. The number of hydrogen-bond donors (Lipinski definition) is 1. The topological polar surface area (TPSA) is 72.7 Å². The first-order chi connectivity index (χ1) is 12.1.